The van der Waals surface area contributed by atoms with E-state index in [1.165, 1.54) is 4.90 Å². The van der Waals surface area contributed by atoms with Gasteiger partial charge in [0.25, 0.3) is 0 Å². The van der Waals surface area contributed by atoms with E-state index < -0.39 is 17.8 Å². The van der Waals surface area contributed by atoms with Crippen molar-refractivity contribution in [3.8, 4) is 0 Å². The molecule has 1 unspecified atom stereocenters. The number of carbonyl (C=O) groups excluding carboxylic acids is 1. The number of urea groups is 1. The monoisotopic (exact) mass is 321 g/mol. The van der Waals surface area contributed by atoms with Gasteiger partial charge in [0.15, 0.2) is 0 Å². The first-order chi connectivity index (χ1) is 9.77. The largest absolute Gasteiger partial charge is 0.416 e. The molecule has 0 radical (unpaired) electrons. The Kier molecular flexibility index (Phi) is 4.63. The number of rotatable bonds is 1. The summed E-state index contributed by atoms with van der Waals surface area (Å²) >= 11 is 5.83. The fourth-order valence-electron chi connectivity index (χ4n) is 2.19. The van der Waals surface area contributed by atoms with Crippen molar-refractivity contribution in [1.29, 1.82) is 0 Å². The number of nitrogens with zero attached hydrogens (tertiary/aromatic N) is 1. The number of nitrogens with two attached hydrogens (primary N) is 1. The number of nitrogens with one attached hydrogen (secondary N) is 1. The Morgan fingerprint density at radius 2 is 2.14 bits per heavy atom. The molecule has 0 saturated carbocycles. The van der Waals surface area contributed by atoms with Gasteiger partial charge in [-0.3, -0.25) is 0 Å². The number of benzene rings is 1. The highest BCUT2D eigenvalue weighted by Crippen LogP contribution is 2.33. The van der Waals surface area contributed by atoms with Crippen molar-refractivity contribution >= 4 is 23.3 Å². The summed E-state index contributed by atoms with van der Waals surface area (Å²) in [4.78, 5) is 13.5. The van der Waals surface area contributed by atoms with Gasteiger partial charge in [0, 0.05) is 19.1 Å². The van der Waals surface area contributed by atoms with Crippen LogP contribution in [0.1, 0.15) is 18.4 Å². The van der Waals surface area contributed by atoms with Crippen LogP contribution in [0.5, 0.6) is 0 Å². The molecular formula is C13H15ClF3N3O. The summed E-state index contributed by atoms with van der Waals surface area (Å²) < 4.78 is 38.0. The van der Waals surface area contributed by atoms with Gasteiger partial charge in [-0.2, -0.15) is 13.2 Å². The molecule has 3 N–H and O–H groups in total. The molecule has 1 heterocycles. The number of hydrogen-bond donors (Lipinski definition) is 2. The fraction of sp³-hybridized carbons (Fsp3) is 0.462. The first kappa shape index (κ1) is 15.9. The summed E-state index contributed by atoms with van der Waals surface area (Å²) in [6, 6.07) is 2.20. The predicted octanol–water partition coefficient (Wildman–Crippen LogP) is 3.31. The molecule has 0 bridgehead atoms. The molecule has 8 heteroatoms. The van der Waals surface area contributed by atoms with E-state index in [0.717, 1.165) is 31.0 Å². The highest BCUT2D eigenvalue weighted by molar-refractivity contribution is 6.33. The van der Waals surface area contributed by atoms with Crippen molar-refractivity contribution in [3.63, 3.8) is 0 Å². The zero-order valence-electron chi connectivity index (χ0n) is 11.1. The van der Waals surface area contributed by atoms with Crippen molar-refractivity contribution < 1.29 is 18.0 Å². The maximum atomic E-state index is 12.7. The van der Waals surface area contributed by atoms with E-state index in [4.69, 9.17) is 17.3 Å². The standard InChI is InChI=1S/C13H15ClF3N3O/c14-10-4-3-8(13(15,16)17)6-11(10)19-12(21)20-5-1-2-9(18)7-20/h3-4,6,9H,1-2,5,7,18H2,(H,19,21). The summed E-state index contributed by atoms with van der Waals surface area (Å²) in [6.45, 7) is 0.901. The molecule has 1 atom stereocenters. The van der Waals surface area contributed by atoms with Gasteiger partial charge in [0.1, 0.15) is 0 Å². The molecular weight excluding hydrogens is 307 g/mol. The van der Waals surface area contributed by atoms with Crippen LogP contribution in [-0.2, 0) is 6.18 Å². The lowest BCUT2D eigenvalue weighted by molar-refractivity contribution is -0.137. The predicted molar refractivity (Wildman–Crippen MR) is 74.3 cm³/mol. The van der Waals surface area contributed by atoms with Crippen molar-refractivity contribution in [1.82, 2.24) is 4.90 Å². The summed E-state index contributed by atoms with van der Waals surface area (Å²) in [5, 5.41) is 2.47. The Labute approximate surface area is 125 Å². The smallest absolute Gasteiger partial charge is 0.326 e. The Hall–Kier alpha value is -1.47. The van der Waals surface area contributed by atoms with Gasteiger partial charge in [-0.25, -0.2) is 4.79 Å². The van der Waals surface area contributed by atoms with Crippen LogP contribution < -0.4 is 11.1 Å². The molecule has 1 fully saturated rings. The summed E-state index contributed by atoms with van der Waals surface area (Å²) in [7, 11) is 0. The second-order valence-corrected chi connectivity index (χ2v) is 5.38. The summed E-state index contributed by atoms with van der Waals surface area (Å²) in [6.07, 6.45) is -2.89. The van der Waals surface area contributed by atoms with Gasteiger partial charge in [-0.05, 0) is 31.0 Å². The molecule has 2 rings (SSSR count). The molecule has 0 aliphatic carbocycles. The minimum atomic E-state index is -4.49. The highest BCUT2D eigenvalue weighted by atomic mass is 35.5. The quantitative estimate of drug-likeness (QED) is 0.833. The number of piperidine rings is 1. The molecule has 0 aromatic heterocycles. The number of halogens is 4. The molecule has 1 aliphatic rings. The first-order valence-electron chi connectivity index (χ1n) is 6.45. The van der Waals surface area contributed by atoms with Crippen LogP contribution in [0.4, 0.5) is 23.7 Å². The lowest BCUT2D eigenvalue weighted by Crippen LogP contribution is -2.47. The minimum absolute atomic E-state index is 0.0534. The van der Waals surface area contributed by atoms with E-state index in [1.54, 1.807) is 0 Å². The van der Waals surface area contributed by atoms with Gasteiger partial charge in [0.2, 0.25) is 0 Å². The number of hydrogen-bond acceptors (Lipinski definition) is 2. The molecule has 1 saturated heterocycles. The third kappa shape index (κ3) is 4.01. The van der Waals surface area contributed by atoms with Crippen LogP contribution in [0.15, 0.2) is 18.2 Å². The van der Waals surface area contributed by atoms with E-state index in [1.807, 2.05) is 0 Å². The number of carbonyl (C=O) groups is 1. The Morgan fingerprint density at radius 1 is 1.43 bits per heavy atom. The minimum Gasteiger partial charge on any atom is -0.326 e. The molecule has 4 nitrogen and oxygen atoms in total. The number of likely N-dealkylation sites (tertiary alicyclic amines) is 1. The lowest BCUT2D eigenvalue weighted by Gasteiger charge is -2.30. The lowest BCUT2D eigenvalue weighted by atomic mass is 10.1. The van der Waals surface area contributed by atoms with Crippen molar-refractivity contribution in [2.45, 2.75) is 25.1 Å². The van der Waals surface area contributed by atoms with Gasteiger partial charge in [-0.15, -0.1) is 0 Å². The van der Waals surface area contributed by atoms with Crippen LogP contribution in [0.2, 0.25) is 5.02 Å². The third-order valence-corrected chi connectivity index (χ3v) is 3.61. The number of amides is 2. The zero-order chi connectivity index (χ0) is 15.6. The van der Waals surface area contributed by atoms with Crippen LogP contribution >= 0.6 is 11.6 Å². The van der Waals surface area contributed by atoms with Crippen molar-refractivity contribution in [2.24, 2.45) is 5.73 Å². The highest BCUT2D eigenvalue weighted by Gasteiger charge is 2.31. The maximum Gasteiger partial charge on any atom is 0.416 e. The third-order valence-electron chi connectivity index (χ3n) is 3.28. The van der Waals surface area contributed by atoms with Gasteiger partial charge in [-0.1, -0.05) is 11.6 Å². The van der Waals surface area contributed by atoms with Crippen molar-refractivity contribution in [3.05, 3.63) is 28.8 Å². The second-order valence-electron chi connectivity index (χ2n) is 4.97. The fourth-order valence-corrected chi connectivity index (χ4v) is 2.35. The van der Waals surface area contributed by atoms with E-state index in [0.29, 0.717) is 13.1 Å². The molecule has 116 valence electrons. The van der Waals surface area contributed by atoms with E-state index >= 15 is 0 Å². The molecule has 2 amide bonds. The molecule has 1 aromatic rings. The number of alkyl halides is 3. The van der Waals surface area contributed by atoms with Crippen LogP contribution in [0.3, 0.4) is 0 Å². The SMILES string of the molecule is NC1CCCN(C(=O)Nc2cc(C(F)(F)F)ccc2Cl)C1. The molecule has 1 aliphatic heterocycles. The second kappa shape index (κ2) is 6.11. The van der Waals surface area contributed by atoms with E-state index in [9.17, 15) is 18.0 Å². The van der Waals surface area contributed by atoms with E-state index in [2.05, 4.69) is 5.32 Å². The molecule has 21 heavy (non-hydrogen) atoms. The van der Waals surface area contributed by atoms with E-state index in [-0.39, 0.29) is 16.8 Å². The van der Waals surface area contributed by atoms with Crippen molar-refractivity contribution in [2.75, 3.05) is 18.4 Å². The van der Waals surface area contributed by atoms with Crippen LogP contribution in [0.25, 0.3) is 0 Å². The Balaban J connectivity index is 2.13. The normalized spacial score (nSPS) is 19.5. The van der Waals surface area contributed by atoms with Gasteiger partial charge >= 0.3 is 12.2 Å². The Bertz CT molecular complexity index is 536. The first-order valence-corrected chi connectivity index (χ1v) is 6.83. The average molecular weight is 322 g/mol. The molecule has 1 aromatic carbocycles. The van der Waals surface area contributed by atoms with Crippen LogP contribution in [-0.4, -0.2) is 30.1 Å². The number of anilines is 1. The topological polar surface area (TPSA) is 58.4 Å². The zero-order valence-corrected chi connectivity index (χ0v) is 11.8. The average Bonchev–Trinajstić information content (AvgIpc) is 2.40. The Morgan fingerprint density at radius 3 is 2.76 bits per heavy atom. The van der Waals surface area contributed by atoms with Crippen LogP contribution in [0, 0.1) is 0 Å². The summed E-state index contributed by atoms with van der Waals surface area (Å²) in [5.41, 5.74) is 4.85. The molecule has 0 spiro atoms. The van der Waals surface area contributed by atoms with Gasteiger partial charge < -0.3 is 16.0 Å². The summed E-state index contributed by atoms with van der Waals surface area (Å²) in [5.74, 6) is 0. The van der Waals surface area contributed by atoms with Gasteiger partial charge in [0.05, 0.1) is 16.3 Å². The maximum absolute atomic E-state index is 12.7.